The van der Waals surface area contributed by atoms with E-state index in [1.54, 1.807) is 6.08 Å². The number of carbonyl (C=O) groups excluding carboxylic acids is 1. The molecule has 0 aromatic rings. The fraction of sp³-hybridized carbons (Fsp3) is 0.929. The van der Waals surface area contributed by atoms with Crippen LogP contribution >= 0.6 is 7.82 Å². The van der Waals surface area contributed by atoms with Crippen LogP contribution < -0.4 is 5.32 Å². The molecule has 0 spiro atoms. The summed E-state index contributed by atoms with van der Waals surface area (Å²) in [6, 6.07) is -0.838. The standard InChI is InChI=1S/C42H85N2O6P/c1-6-8-10-12-14-16-18-20-22-23-25-27-29-31-33-35-41(45)40(39-50-51(47,48)49-38-37-44(3,4)5)43-42(46)36-34-32-30-28-26-24-21-19-17-15-13-11-9-7-2/h33,35,40-41,45H,6-32,34,36-39H2,1-5H3,(H-,43,46,47,48)/p+1/b35-33+. The van der Waals surface area contributed by atoms with E-state index in [-0.39, 0.29) is 19.1 Å². The maximum atomic E-state index is 12.8. The Morgan fingerprint density at radius 1 is 0.647 bits per heavy atom. The number of nitrogens with zero attached hydrogens (tertiary/aromatic N) is 1. The summed E-state index contributed by atoms with van der Waals surface area (Å²) in [5, 5.41) is 13.8. The zero-order chi connectivity index (χ0) is 37.9. The van der Waals surface area contributed by atoms with E-state index in [1.165, 1.54) is 141 Å². The summed E-state index contributed by atoms with van der Waals surface area (Å²) in [6.07, 6.45) is 38.4. The van der Waals surface area contributed by atoms with E-state index in [9.17, 15) is 19.4 Å². The van der Waals surface area contributed by atoms with E-state index in [0.717, 1.165) is 38.5 Å². The number of carbonyl (C=O) groups is 1. The molecule has 1 amide bonds. The molecule has 0 heterocycles. The Morgan fingerprint density at radius 2 is 1.04 bits per heavy atom. The molecule has 0 bridgehead atoms. The van der Waals surface area contributed by atoms with Gasteiger partial charge >= 0.3 is 7.82 Å². The summed E-state index contributed by atoms with van der Waals surface area (Å²) in [5.41, 5.74) is 0. The molecule has 0 rings (SSSR count). The van der Waals surface area contributed by atoms with Crippen molar-refractivity contribution >= 4 is 13.7 Å². The number of aliphatic hydroxyl groups excluding tert-OH is 1. The van der Waals surface area contributed by atoms with Gasteiger partial charge in [-0.1, -0.05) is 187 Å². The second kappa shape index (κ2) is 35.0. The Morgan fingerprint density at radius 3 is 1.45 bits per heavy atom. The topological polar surface area (TPSA) is 105 Å². The predicted octanol–water partition coefficient (Wildman–Crippen LogP) is 11.6. The lowest BCUT2D eigenvalue weighted by atomic mass is 10.0. The molecular weight excluding hydrogens is 659 g/mol. The summed E-state index contributed by atoms with van der Waals surface area (Å²) in [5.74, 6) is -0.176. The van der Waals surface area contributed by atoms with Gasteiger partial charge in [-0.05, 0) is 19.3 Å². The number of nitrogens with one attached hydrogen (secondary N) is 1. The Labute approximate surface area is 316 Å². The molecule has 0 radical (unpaired) electrons. The smallest absolute Gasteiger partial charge is 0.387 e. The first-order valence-corrected chi connectivity index (χ1v) is 23.1. The number of phosphoric acid groups is 1. The van der Waals surface area contributed by atoms with Crippen molar-refractivity contribution in [3.8, 4) is 0 Å². The van der Waals surface area contributed by atoms with Crippen LogP contribution in [0.15, 0.2) is 12.2 Å². The number of quaternary nitrogens is 1. The molecule has 8 nitrogen and oxygen atoms in total. The summed E-state index contributed by atoms with van der Waals surface area (Å²) in [7, 11) is 1.58. The number of allylic oxidation sites excluding steroid dienone is 1. The number of hydrogen-bond acceptors (Lipinski definition) is 5. The van der Waals surface area contributed by atoms with Crippen LogP contribution in [0.3, 0.4) is 0 Å². The third kappa shape index (κ3) is 37.4. The van der Waals surface area contributed by atoms with E-state index in [2.05, 4.69) is 19.2 Å². The number of aliphatic hydroxyl groups is 1. The highest BCUT2D eigenvalue weighted by molar-refractivity contribution is 7.47. The van der Waals surface area contributed by atoms with Crippen molar-refractivity contribution in [2.45, 2.75) is 212 Å². The molecule has 0 saturated heterocycles. The number of likely N-dealkylation sites (N-methyl/N-ethyl adjacent to an activating group) is 1. The van der Waals surface area contributed by atoms with Crippen molar-refractivity contribution in [3.63, 3.8) is 0 Å². The number of unbranched alkanes of at least 4 members (excludes halogenated alkanes) is 26. The lowest BCUT2D eigenvalue weighted by Crippen LogP contribution is -2.45. The van der Waals surface area contributed by atoms with Crippen LogP contribution in [0.1, 0.15) is 200 Å². The molecule has 0 aliphatic rings. The molecule has 304 valence electrons. The van der Waals surface area contributed by atoms with E-state index in [1.807, 2.05) is 27.2 Å². The molecule has 3 unspecified atom stereocenters. The van der Waals surface area contributed by atoms with Crippen LogP contribution in [0, 0.1) is 0 Å². The maximum Gasteiger partial charge on any atom is 0.472 e. The third-order valence-electron chi connectivity index (χ3n) is 9.76. The van der Waals surface area contributed by atoms with Gasteiger partial charge in [0.2, 0.25) is 5.91 Å². The van der Waals surface area contributed by atoms with Crippen LogP contribution in [0.2, 0.25) is 0 Å². The molecule has 9 heteroatoms. The monoisotopic (exact) mass is 746 g/mol. The molecule has 0 saturated carbocycles. The molecule has 0 aromatic carbocycles. The van der Waals surface area contributed by atoms with Crippen molar-refractivity contribution in [2.75, 3.05) is 40.9 Å². The van der Waals surface area contributed by atoms with E-state index < -0.39 is 20.0 Å². The van der Waals surface area contributed by atoms with Crippen molar-refractivity contribution in [1.29, 1.82) is 0 Å². The Kier molecular flexibility index (Phi) is 34.5. The SMILES string of the molecule is CCCCCCCCCCCCCCC/C=C/C(O)C(COP(=O)(O)OCC[N+](C)(C)C)NC(=O)CCCCCCCCCCCCCCCC. The van der Waals surface area contributed by atoms with Crippen LogP contribution in [0.25, 0.3) is 0 Å². The molecule has 0 fully saturated rings. The second-order valence-corrected chi connectivity index (χ2v) is 17.5. The third-order valence-corrected chi connectivity index (χ3v) is 10.7. The normalized spacial score (nSPS) is 14.6. The summed E-state index contributed by atoms with van der Waals surface area (Å²) >= 11 is 0. The first kappa shape index (κ1) is 50.2. The zero-order valence-electron chi connectivity index (χ0n) is 34.4. The van der Waals surface area contributed by atoms with Crippen molar-refractivity contribution in [2.24, 2.45) is 0 Å². The summed E-state index contributed by atoms with van der Waals surface area (Å²) in [4.78, 5) is 23.1. The van der Waals surface area contributed by atoms with Crippen LogP contribution in [0.4, 0.5) is 0 Å². The summed E-state index contributed by atoms with van der Waals surface area (Å²) < 4.78 is 23.5. The molecule has 0 aromatic heterocycles. The molecule has 3 N–H and O–H groups in total. The number of amides is 1. The minimum Gasteiger partial charge on any atom is -0.387 e. The Hall–Kier alpha value is -0.760. The van der Waals surface area contributed by atoms with Crippen LogP contribution in [-0.2, 0) is 18.4 Å². The highest BCUT2D eigenvalue weighted by Gasteiger charge is 2.27. The van der Waals surface area contributed by atoms with Crippen LogP contribution in [0.5, 0.6) is 0 Å². The van der Waals surface area contributed by atoms with Crippen LogP contribution in [-0.4, -0.2) is 73.4 Å². The largest absolute Gasteiger partial charge is 0.472 e. The van der Waals surface area contributed by atoms with Crippen molar-refractivity contribution in [3.05, 3.63) is 12.2 Å². The van der Waals surface area contributed by atoms with Gasteiger partial charge in [-0.3, -0.25) is 13.8 Å². The lowest BCUT2D eigenvalue weighted by Gasteiger charge is -2.25. The Bertz CT molecular complexity index is 850. The molecular formula is C42H86N2O6P+. The van der Waals surface area contributed by atoms with Gasteiger partial charge in [0.25, 0.3) is 0 Å². The average molecular weight is 746 g/mol. The van der Waals surface area contributed by atoms with Gasteiger partial charge < -0.3 is 19.8 Å². The predicted molar refractivity (Wildman–Crippen MR) is 217 cm³/mol. The highest BCUT2D eigenvalue weighted by atomic mass is 31.2. The van der Waals surface area contributed by atoms with Gasteiger partial charge in [0.15, 0.2) is 0 Å². The van der Waals surface area contributed by atoms with Gasteiger partial charge in [0, 0.05) is 6.42 Å². The Balaban J connectivity index is 4.44. The van der Waals surface area contributed by atoms with Crippen molar-refractivity contribution in [1.82, 2.24) is 5.32 Å². The number of rotatable bonds is 39. The quantitative estimate of drug-likeness (QED) is 0.0250. The van der Waals surface area contributed by atoms with E-state index >= 15 is 0 Å². The fourth-order valence-corrected chi connectivity index (χ4v) is 7.01. The van der Waals surface area contributed by atoms with Gasteiger partial charge in [-0.25, -0.2) is 4.57 Å². The molecule has 0 aliphatic heterocycles. The lowest BCUT2D eigenvalue weighted by molar-refractivity contribution is -0.870. The first-order valence-electron chi connectivity index (χ1n) is 21.6. The van der Waals surface area contributed by atoms with Crippen molar-refractivity contribution < 1.29 is 32.9 Å². The summed E-state index contributed by atoms with van der Waals surface area (Å²) in [6.45, 7) is 4.82. The molecule has 51 heavy (non-hydrogen) atoms. The highest BCUT2D eigenvalue weighted by Crippen LogP contribution is 2.43. The van der Waals surface area contributed by atoms with E-state index in [0.29, 0.717) is 17.4 Å². The maximum absolute atomic E-state index is 12.8. The average Bonchev–Trinajstić information content (AvgIpc) is 3.07. The second-order valence-electron chi connectivity index (χ2n) is 16.1. The number of phosphoric ester groups is 1. The van der Waals surface area contributed by atoms with Gasteiger partial charge in [0.05, 0.1) is 39.9 Å². The van der Waals surface area contributed by atoms with Gasteiger partial charge in [-0.15, -0.1) is 0 Å². The molecule has 3 atom stereocenters. The number of hydrogen-bond donors (Lipinski definition) is 3. The molecule has 0 aliphatic carbocycles. The fourth-order valence-electron chi connectivity index (χ4n) is 6.28. The zero-order valence-corrected chi connectivity index (χ0v) is 35.3. The van der Waals surface area contributed by atoms with E-state index in [4.69, 9.17) is 9.05 Å². The van der Waals surface area contributed by atoms with Gasteiger partial charge in [0.1, 0.15) is 13.2 Å². The minimum absolute atomic E-state index is 0.0645. The minimum atomic E-state index is -4.33. The first-order chi connectivity index (χ1) is 24.5. The van der Waals surface area contributed by atoms with Gasteiger partial charge in [-0.2, -0.15) is 0 Å².